The topological polar surface area (TPSA) is 38.5 Å². The average molecular weight is 218 g/mol. The van der Waals surface area contributed by atoms with Crippen molar-refractivity contribution in [1.29, 1.82) is 0 Å². The van der Waals surface area contributed by atoms with Crippen molar-refractivity contribution in [2.45, 2.75) is 18.8 Å². The fourth-order valence-electron chi connectivity index (χ4n) is 2.64. The lowest BCUT2D eigenvalue weighted by atomic mass is 9.90. The van der Waals surface area contributed by atoms with E-state index in [-0.39, 0.29) is 0 Å². The van der Waals surface area contributed by atoms with Gasteiger partial charge in [0.25, 0.3) is 0 Å². The van der Waals surface area contributed by atoms with Crippen LogP contribution in [0.4, 0.5) is 5.69 Å². The van der Waals surface area contributed by atoms with E-state index in [4.69, 9.17) is 10.5 Å². The normalized spacial score (nSPS) is 24.4. The summed E-state index contributed by atoms with van der Waals surface area (Å²) < 4.78 is 5.67. The number of hydrogen-bond donors (Lipinski definition) is 1. The second-order valence-corrected chi connectivity index (χ2v) is 4.75. The minimum Gasteiger partial charge on any atom is -0.493 e. The maximum atomic E-state index is 6.07. The highest BCUT2D eigenvalue weighted by atomic mass is 16.5. The molecule has 3 rings (SSSR count). The van der Waals surface area contributed by atoms with Gasteiger partial charge in [0.1, 0.15) is 5.75 Å². The Balaban J connectivity index is 1.86. The molecular formula is C13H18N2O. The van der Waals surface area contributed by atoms with Gasteiger partial charge >= 0.3 is 0 Å². The zero-order valence-electron chi connectivity index (χ0n) is 9.48. The molecule has 3 heteroatoms. The lowest BCUT2D eigenvalue weighted by molar-refractivity contribution is 0.152. The van der Waals surface area contributed by atoms with Gasteiger partial charge in [-0.05, 0) is 38.1 Å². The van der Waals surface area contributed by atoms with E-state index in [1.807, 2.05) is 18.2 Å². The second kappa shape index (κ2) is 3.98. The van der Waals surface area contributed by atoms with Gasteiger partial charge in [0.2, 0.25) is 0 Å². The standard InChI is InChI=1S/C13H18N2O/c14-11-3-1-4-12-13(11)10(5-8-16-12)9-15-6-2-7-15/h1,3-4,10H,2,5-9,14H2. The Hall–Kier alpha value is -1.22. The van der Waals surface area contributed by atoms with Crippen molar-refractivity contribution < 1.29 is 4.74 Å². The van der Waals surface area contributed by atoms with Crippen LogP contribution in [0.25, 0.3) is 0 Å². The van der Waals surface area contributed by atoms with Crippen LogP contribution in [0, 0.1) is 0 Å². The molecular weight excluding hydrogens is 200 g/mol. The number of ether oxygens (including phenoxy) is 1. The lowest BCUT2D eigenvalue weighted by Crippen LogP contribution is -2.40. The van der Waals surface area contributed by atoms with Crippen molar-refractivity contribution in [3.63, 3.8) is 0 Å². The molecule has 1 fully saturated rings. The van der Waals surface area contributed by atoms with Crippen LogP contribution in [-0.2, 0) is 0 Å². The van der Waals surface area contributed by atoms with Crippen LogP contribution in [0.15, 0.2) is 18.2 Å². The number of benzene rings is 1. The van der Waals surface area contributed by atoms with Crippen molar-refractivity contribution in [1.82, 2.24) is 4.90 Å². The van der Waals surface area contributed by atoms with Gasteiger partial charge in [-0.2, -0.15) is 0 Å². The zero-order valence-corrected chi connectivity index (χ0v) is 9.48. The zero-order chi connectivity index (χ0) is 11.0. The summed E-state index contributed by atoms with van der Waals surface area (Å²) in [7, 11) is 0. The third-order valence-electron chi connectivity index (χ3n) is 3.66. The minimum atomic E-state index is 0.560. The molecule has 2 aliphatic rings. The van der Waals surface area contributed by atoms with Gasteiger partial charge in [0.05, 0.1) is 6.61 Å². The highest BCUT2D eigenvalue weighted by molar-refractivity contribution is 5.57. The molecule has 0 saturated carbocycles. The molecule has 0 aromatic heterocycles. The summed E-state index contributed by atoms with van der Waals surface area (Å²) in [5.74, 6) is 1.56. The molecule has 0 radical (unpaired) electrons. The van der Waals surface area contributed by atoms with E-state index >= 15 is 0 Å². The molecule has 16 heavy (non-hydrogen) atoms. The van der Waals surface area contributed by atoms with E-state index in [2.05, 4.69) is 4.90 Å². The summed E-state index contributed by atoms with van der Waals surface area (Å²) in [6, 6.07) is 5.99. The number of likely N-dealkylation sites (tertiary alicyclic amines) is 1. The molecule has 86 valence electrons. The molecule has 0 bridgehead atoms. The number of anilines is 1. The van der Waals surface area contributed by atoms with Crippen molar-refractivity contribution >= 4 is 5.69 Å². The SMILES string of the molecule is Nc1cccc2c1C(CN1CCC1)CCO2. The molecule has 2 aliphatic heterocycles. The van der Waals surface area contributed by atoms with E-state index in [0.717, 1.165) is 31.0 Å². The van der Waals surface area contributed by atoms with Crippen LogP contribution in [0.1, 0.15) is 24.3 Å². The molecule has 0 aliphatic carbocycles. The van der Waals surface area contributed by atoms with Crippen LogP contribution in [0.2, 0.25) is 0 Å². The van der Waals surface area contributed by atoms with Crippen molar-refractivity contribution in [3.8, 4) is 5.75 Å². The van der Waals surface area contributed by atoms with E-state index in [0.29, 0.717) is 5.92 Å². The molecule has 2 heterocycles. The third kappa shape index (κ3) is 1.65. The van der Waals surface area contributed by atoms with Gasteiger partial charge in [-0.15, -0.1) is 0 Å². The average Bonchev–Trinajstić information content (AvgIpc) is 2.24. The van der Waals surface area contributed by atoms with Crippen molar-refractivity contribution in [2.75, 3.05) is 32.0 Å². The van der Waals surface area contributed by atoms with Crippen LogP contribution >= 0.6 is 0 Å². The third-order valence-corrected chi connectivity index (χ3v) is 3.66. The fraction of sp³-hybridized carbons (Fsp3) is 0.538. The van der Waals surface area contributed by atoms with Crippen LogP contribution in [0.3, 0.4) is 0 Å². The summed E-state index contributed by atoms with van der Waals surface area (Å²) in [5.41, 5.74) is 8.20. The summed E-state index contributed by atoms with van der Waals surface area (Å²) in [5, 5.41) is 0. The quantitative estimate of drug-likeness (QED) is 0.770. The second-order valence-electron chi connectivity index (χ2n) is 4.75. The number of nitrogen functional groups attached to an aromatic ring is 1. The van der Waals surface area contributed by atoms with Gasteiger partial charge in [0.15, 0.2) is 0 Å². The molecule has 3 nitrogen and oxygen atoms in total. The van der Waals surface area contributed by atoms with E-state index < -0.39 is 0 Å². The van der Waals surface area contributed by atoms with Crippen LogP contribution in [0.5, 0.6) is 5.75 Å². The Labute approximate surface area is 96.2 Å². The molecule has 1 atom stereocenters. The first-order valence-corrected chi connectivity index (χ1v) is 6.08. The number of nitrogens with two attached hydrogens (primary N) is 1. The first-order valence-electron chi connectivity index (χ1n) is 6.08. The predicted molar refractivity (Wildman–Crippen MR) is 64.8 cm³/mol. The first kappa shape index (κ1) is 9.97. The molecule has 1 unspecified atom stereocenters. The predicted octanol–water partition coefficient (Wildman–Crippen LogP) is 1.84. The molecule has 0 amide bonds. The van der Waals surface area contributed by atoms with Gasteiger partial charge in [-0.3, -0.25) is 0 Å². The summed E-state index contributed by atoms with van der Waals surface area (Å²) >= 11 is 0. The first-order chi connectivity index (χ1) is 7.84. The molecule has 1 aromatic rings. The van der Waals surface area contributed by atoms with Gasteiger partial charge in [0, 0.05) is 23.7 Å². The molecule has 1 saturated heterocycles. The number of rotatable bonds is 2. The highest BCUT2D eigenvalue weighted by Gasteiger charge is 2.27. The van der Waals surface area contributed by atoms with Crippen molar-refractivity contribution in [2.24, 2.45) is 0 Å². The van der Waals surface area contributed by atoms with Crippen LogP contribution in [-0.4, -0.2) is 31.1 Å². The van der Waals surface area contributed by atoms with Gasteiger partial charge in [-0.25, -0.2) is 0 Å². The Morgan fingerprint density at radius 2 is 2.25 bits per heavy atom. The molecule has 1 aromatic carbocycles. The maximum Gasteiger partial charge on any atom is 0.124 e. The number of hydrogen-bond acceptors (Lipinski definition) is 3. The Bertz CT molecular complexity index is 388. The Morgan fingerprint density at radius 3 is 3.00 bits per heavy atom. The Morgan fingerprint density at radius 1 is 1.38 bits per heavy atom. The van der Waals surface area contributed by atoms with Gasteiger partial charge < -0.3 is 15.4 Å². The molecule has 0 spiro atoms. The maximum absolute atomic E-state index is 6.07. The molecule has 2 N–H and O–H groups in total. The number of nitrogens with zero attached hydrogens (tertiary/aromatic N) is 1. The lowest BCUT2D eigenvalue weighted by Gasteiger charge is -2.36. The van der Waals surface area contributed by atoms with Crippen molar-refractivity contribution in [3.05, 3.63) is 23.8 Å². The highest BCUT2D eigenvalue weighted by Crippen LogP contribution is 2.38. The van der Waals surface area contributed by atoms with E-state index in [9.17, 15) is 0 Å². The largest absolute Gasteiger partial charge is 0.493 e. The fourth-order valence-corrected chi connectivity index (χ4v) is 2.64. The van der Waals surface area contributed by atoms with E-state index in [1.54, 1.807) is 0 Å². The smallest absolute Gasteiger partial charge is 0.124 e. The monoisotopic (exact) mass is 218 g/mol. The van der Waals surface area contributed by atoms with Crippen LogP contribution < -0.4 is 10.5 Å². The summed E-state index contributed by atoms with van der Waals surface area (Å²) in [6.45, 7) is 4.47. The van der Waals surface area contributed by atoms with E-state index in [1.165, 1.54) is 25.1 Å². The minimum absolute atomic E-state index is 0.560. The summed E-state index contributed by atoms with van der Waals surface area (Å²) in [4.78, 5) is 2.51. The summed E-state index contributed by atoms with van der Waals surface area (Å²) in [6.07, 6.45) is 2.44. The van der Waals surface area contributed by atoms with Gasteiger partial charge in [-0.1, -0.05) is 6.07 Å². The Kier molecular flexibility index (Phi) is 2.48. The number of fused-ring (bicyclic) bond motifs is 1.